The first-order valence-electron chi connectivity index (χ1n) is 3.92. The highest BCUT2D eigenvalue weighted by molar-refractivity contribution is 5.83. The van der Waals surface area contributed by atoms with Crippen LogP contribution in [0.2, 0.25) is 0 Å². The molecule has 5 heteroatoms. The van der Waals surface area contributed by atoms with Crippen molar-refractivity contribution in [3.63, 3.8) is 0 Å². The number of rotatable bonds is 0. The molecule has 12 heavy (non-hydrogen) atoms. The van der Waals surface area contributed by atoms with E-state index >= 15 is 0 Å². The summed E-state index contributed by atoms with van der Waals surface area (Å²) < 4.78 is 4.42. The molecule has 2 amide bonds. The molecule has 0 spiro atoms. The Morgan fingerprint density at radius 2 is 1.92 bits per heavy atom. The number of ether oxygens (including phenoxy) is 1. The van der Waals surface area contributed by atoms with Crippen molar-refractivity contribution >= 4 is 12.2 Å². The third-order valence-corrected chi connectivity index (χ3v) is 1.75. The molecule has 0 bridgehead atoms. The van der Waals surface area contributed by atoms with Gasteiger partial charge in [0, 0.05) is 20.1 Å². The van der Waals surface area contributed by atoms with Crippen molar-refractivity contribution in [2.75, 3.05) is 20.1 Å². The van der Waals surface area contributed by atoms with Gasteiger partial charge in [0.1, 0.15) is 0 Å². The zero-order valence-electron chi connectivity index (χ0n) is 7.00. The van der Waals surface area contributed by atoms with E-state index in [2.05, 4.69) is 10.1 Å². The maximum atomic E-state index is 11.1. The Kier molecular flexibility index (Phi) is 2.90. The minimum Gasteiger partial charge on any atom is -0.359 e. The lowest BCUT2D eigenvalue weighted by Crippen LogP contribution is -2.33. The van der Waals surface area contributed by atoms with Crippen LogP contribution in [0.5, 0.6) is 0 Å². The summed E-state index contributed by atoms with van der Waals surface area (Å²) in [5.74, 6) is 0. The third-order valence-electron chi connectivity index (χ3n) is 1.75. The lowest BCUT2D eigenvalue weighted by atomic mass is 10.4. The Hall–Kier alpha value is -1.26. The van der Waals surface area contributed by atoms with Crippen LogP contribution in [0.15, 0.2) is 0 Å². The minimum absolute atomic E-state index is 0.549. The van der Waals surface area contributed by atoms with E-state index in [0.717, 1.165) is 12.8 Å². The van der Waals surface area contributed by atoms with Gasteiger partial charge in [-0.15, -0.1) is 0 Å². The van der Waals surface area contributed by atoms with Crippen molar-refractivity contribution in [3.05, 3.63) is 0 Å². The summed E-state index contributed by atoms with van der Waals surface area (Å²) in [4.78, 5) is 23.2. The molecule has 68 valence electrons. The van der Waals surface area contributed by atoms with Crippen LogP contribution in [0, 0.1) is 0 Å². The Bertz CT molecular complexity index is 187. The molecule has 1 saturated heterocycles. The zero-order valence-corrected chi connectivity index (χ0v) is 7.00. The van der Waals surface area contributed by atoms with Crippen LogP contribution in [-0.4, -0.2) is 37.2 Å². The molecule has 1 aliphatic heterocycles. The summed E-state index contributed by atoms with van der Waals surface area (Å²) in [6.45, 7) is 1.38. The molecule has 0 aromatic heterocycles. The van der Waals surface area contributed by atoms with Crippen molar-refractivity contribution in [1.29, 1.82) is 0 Å². The molecule has 0 aromatic rings. The first-order chi connectivity index (χ1) is 5.74. The molecular weight excluding hydrogens is 160 g/mol. The summed E-state index contributed by atoms with van der Waals surface area (Å²) in [6.07, 6.45) is 0.727. The average molecular weight is 172 g/mol. The van der Waals surface area contributed by atoms with E-state index in [1.165, 1.54) is 11.9 Å². The fourth-order valence-electron chi connectivity index (χ4n) is 1.09. The number of likely N-dealkylation sites (tertiary alicyclic amines) is 1. The van der Waals surface area contributed by atoms with Crippen LogP contribution in [0.1, 0.15) is 12.8 Å². The quantitative estimate of drug-likeness (QED) is 0.543. The molecule has 5 nitrogen and oxygen atoms in total. The van der Waals surface area contributed by atoms with Crippen LogP contribution in [-0.2, 0) is 4.74 Å². The number of amides is 2. The van der Waals surface area contributed by atoms with Gasteiger partial charge in [-0.1, -0.05) is 0 Å². The molecule has 1 aliphatic rings. The molecule has 1 fully saturated rings. The van der Waals surface area contributed by atoms with Crippen LogP contribution in [0.25, 0.3) is 0 Å². The fourth-order valence-corrected chi connectivity index (χ4v) is 1.09. The van der Waals surface area contributed by atoms with Gasteiger partial charge in [-0.2, -0.15) is 0 Å². The molecule has 0 radical (unpaired) electrons. The second-order valence-corrected chi connectivity index (χ2v) is 2.60. The largest absolute Gasteiger partial charge is 0.418 e. The third kappa shape index (κ3) is 2.11. The van der Waals surface area contributed by atoms with Gasteiger partial charge in [-0.05, 0) is 12.8 Å². The van der Waals surface area contributed by atoms with Crippen molar-refractivity contribution in [1.82, 2.24) is 10.2 Å². The lowest BCUT2D eigenvalue weighted by molar-refractivity contribution is 0.125. The molecule has 0 aliphatic carbocycles. The van der Waals surface area contributed by atoms with E-state index in [0.29, 0.717) is 13.1 Å². The van der Waals surface area contributed by atoms with Gasteiger partial charge in [0.25, 0.3) is 0 Å². The topological polar surface area (TPSA) is 58.6 Å². The van der Waals surface area contributed by atoms with Crippen molar-refractivity contribution in [2.45, 2.75) is 12.8 Å². The molecule has 1 heterocycles. The van der Waals surface area contributed by atoms with Crippen molar-refractivity contribution < 1.29 is 14.3 Å². The summed E-state index contributed by atoms with van der Waals surface area (Å²) in [7, 11) is 1.42. The number of alkyl carbamates (subject to hydrolysis) is 1. The van der Waals surface area contributed by atoms with Gasteiger partial charge >= 0.3 is 12.2 Å². The van der Waals surface area contributed by atoms with Crippen LogP contribution in [0.4, 0.5) is 9.59 Å². The maximum Gasteiger partial charge on any atom is 0.418 e. The Morgan fingerprint density at radius 1 is 1.33 bits per heavy atom. The number of nitrogens with one attached hydrogen (secondary N) is 1. The van der Waals surface area contributed by atoms with E-state index in [9.17, 15) is 9.59 Å². The minimum atomic E-state index is -0.702. The van der Waals surface area contributed by atoms with Crippen molar-refractivity contribution in [3.8, 4) is 0 Å². The predicted octanol–water partition coefficient (Wildman–Crippen LogP) is 0.558. The van der Waals surface area contributed by atoms with Gasteiger partial charge < -0.3 is 15.0 Å². The van der Waals surface area contributed by atoms with E-state index in [1.54, 1.807) is 0 Å². The van der Waals surface area contributed by atoms with Gasteiger partial charge in [0.2, 0.25) is 0 Å². The maximum absolute atomic E-state index is 11.1. The molecule has 0 saturated carbocycles. The van der Waals surface area contributed by atoms with Gasteiger partial charge in [0.15, 0.2) is 0 Å². The fraction of sp³-hybridized carbons (Fsp3) is 0.714. The van der Waals surface area contributed by atoms with E-state index in [1.807, 2.05) is 0 Å². The number of carbonyl (C=O) groups excluding carboxylic acids is 2. The summed E-state index contributed by atoms with van der Waals surface area (Å²) in [5.41, 5.74) is 0. The normalized spacial score (nSPS) is 15.9. The van der Waals surface area contributed by atoms with Crippen LogP contribution >= 0.6 is 0 Å². The molecular formula is C7H12N2O3. The lowest BCUT2D eigenvalue weighted by Gasteiger charge is -2.12. The van der Waals surface area contributed by atoms with Gasteiger partial charge in [-0.3, -0.25) is 0 Å². The predicted molar refractivity (Wildman–Crippen MR) is 41.7 cm³/mol. The molecule has 1 rings (SSSR count). The highest BCUT2D eigenvalue weighted by atomic mass is 16.6. The summed E-state index contributed by atoms with van der Waals surface area (Å²) >= 11 is 0. The number of hydrogen-bond acceptors (Lipinski definition) is 3. The summed E-state index contributed by atoms with van der Waals surface area (Å²) in [5, 5.41) is 2.21. The van der Waals surface area contributed by atoms with E-state index in [4.69, 9.17) is 0 Å². The molecule has 0 atom stereocenters. The number of hydrogen-bond donors (Lipinski definition) is 1. The smallest absolute Gasteiger partial charge is 0.359 e. The highest BCUT2D eigenvalue weighted by Gasteiger charge is 2.20. The molecule has 0 unspecified atom stereocenters. The second-order valence-electron chi connectivity index (χ2n) is 2.60. The zero-order chi connectivity index (χ0) is 8.97. The van der Waals surface area contributed by atoms with Crippen molar-refractivity contribution in [2.24, 2.45) is 0 Å². The number of carbonyl (C=O) groups is 2. The van der Waals surface area contributed by atoms with E-state index in [-0.39, 0.29) is 0 Å². The van der Waals surface area contributed by atoms with Gasteiger partial charge in [0.05, 0.1) is 0 Å². The highest BCUT2D eigenvalue weighted by Crippen LogP contribution is 2.08. The SMILES string of the molecule is CNC(=O)OC(=O)N1CCCC1. The van der Waals surface area contributed by atoms with Gasteiger partial charge in [-0.25, -0.2) is 9.59 Å². The first-order valence-corrected chi connectivity index (χ1v) is 3.92. The standard InChI is InChI=1S/C7H12N2O3/c1-8-6(10)12-7(11)9-4-2-3-5-9/h2-5H2,1H3,(H,8,10). The monoisotopic (exact) mass is 172 g/mol. The first kappa shape index (κ1) is 8.83. The second kappa shape index (κ2) is 3.94. The average Bonchev–Trinajstić information content (AvgIpc) is 2.56. The Morgan fingerprint density at radius 3 is 2.42 bits per heavy atom. The Labute approximate surface area is 70.7 Å². The Balaban J connectivity index is 2.32. The molecule has 1 N–H and O–H groups in total. The summed E-state index contributed by atoms with van der Waals surface area (Å²) in [6, 6.07) is 0. The van der Waals surface area contributed by atoms with Crippen LogP contribution < -0.4 is 5.32 Å². The van der Waals surface area contributed by atoms with Crippen LogP contribution in [0.3, 0.4) is 0 Å². The van der Waals surface area contributed by atoms with E-state index < -0.39 is 12.2 Å². The molecule has 0 aromatic carbocycles. The number of nitrogens with zero attached hydrogens (tertiary/aromatic N) is 1.